The average molecular weight is 301 g/mol. The number of ether oxygens (including phenoxy) is 1. The molecule has 0 spiro atoms. The smallest absolute Gasteiger partial charge is 0.243 e. The van der Waals surface area contributed by atoms with Crippen LogP contribution in [0.2, 0.25) is 0 Å². The maximum atomic E-state index is 12.4. The second-order valence-electron chi connectivity index (χ2n) is 5.53. The van der Waals surface area contributed by atoms with Gasteiger partial charge in [0.2, 0.25) is 5.91 Å². The van der Waals surface area contributed by atoms with E-state index in [1.807, 2.05) is 42.2 Å². The standard InChI is InChI=1S/C17H23N3O2/c1-2-22-16-8-4-3-7-15(16)19-10-12-20(13-11-19)17(21)14-6-5-9-18-14/h3-8,14,18H,2,9-13H2,1H3/t14-/m0/s1. The van der Waals surface area contributed by atoms with Crippen LogP contribution in [0.4, 0.5) is 5.69 Å². The summed E-state index contributed by atoms with van der Waals surface area (Å²) in [4.78, 5) is 16.6. The van der Waals surface area contributed by atoms with E-state index in [4.69, 9.17) is 4.74 Å². The van der Waals surface area contributed by atoms with E-state index in [2.05, 4.69) is 16.3 Å². The van der Waals surface area contributed by atoms with Gasteiger partial charge >= 0.3 is 0 Å². The van der Waals surface area contributed by atoms with Gasteiger partial charge in [-0.25, -0.2) is 0 Å². The Bertz CT molecular complexity index is 551. The Labute approximate surface area is 131 Å². The van der Waals surface area contributed by atoms with Crippen molar-refractivity contribution in [2.45, 2.75) is 13.0 Å². The van der Waals surface area contributed by atoms with Crippen LogP contribution in [-0.2, 0) is 4.79 Å². The molecule has 0 aromatic heterocycles. The Hall–Kier alpha value is -2.01. The van der Waals surface area contributed by atoms with Crippen LogP contribution < -0.4 is 15.0 Å². The first-order valence-electron chi connectivity index (χ1n) is 7.95. The molecule has 5 heteroatoms. The van der Waals surface area contributed by atoms with Gasteiger partial charge in [-0.3, -0.25) is 10.1 Å². The number of rotatable bonds is 4. The van der Waals surface area contributed by atoms with Crippen molar-refractivity contribution in [1.82, 2.24) is 10.2 Å². The third kappa shape index (κ3) is 3.09. The van der Waals surface area contributed by atoms with Gasteiger partial charge in [-0.05, 0) is 19.1 Å². The first-order chi connectivity index (χ1) is 10.8. The minimum atomic E-state index is -0.137. The highest BCUT2D eigenvalue weighted by atomic mass is 16.5. The number of piperazine rings is 1. The minimum absolute atomic E-state index is 0.137. The van der Waals surface area contributed by atoms with E-state index in [0.717, 1.165) is 44.2 Å². The Balaban J connectivity index is 1.62. The van der Waals surface area contributed by atoms with E-state index in [0.29, 0.717) is 6.61 Å². The maximum Gasteiger partial charge on any atom is 0.243 e. The lowest BCUT2D eigenvalue weighted by Crippen LogP contribution is -2.53. The molecule has 0 saturated carbocycles. The summed E-state index contributed by atoms with van der Waals surface area (Å²) in [6, 6.07) is 7.98. The van der Waals surface area contributed by atoms with Gasteiger partial charge in [0.15, 0.2) is 0 Å². The molecule has 22 heavy (non-hydrogen) atoms. The molecule has 1 aromatic carbocycles. The molecule has 3 rings (SSSR count). The van der Waals surface area contributed by atoms with Gasteiger partial charge in [0, 0.05) is 32.7 Å². The van der Waals surface area contributed by atoms with Crippen LogP contribution >= 0.6 is 0 Å². The second kappa shape index (κ2) is 6.83. The lowest BCUT2D eigenvalue weighted by molar-refractivity contribution is -0.132. The van der Waals surface area contributed by atoms with Crippen molar-refractivity contribution >= 4 is 11.6 Å². The lowest BCUT2D eigenvalue weighted by Gasteiger charge is -2.37. The zero-order chi connectivity index (χ0) is 15.4. The predicted octanol–water partition coefficient (Wildman–Crippen LogP) is 1.26. The van der Waals surface area contributed by atoms with Crippen LogP contribution in [0.25, 0.3) is 0 Å². The molecule has 0 radical (unpaired) electrons. The van der Waals surface area contributed by atoms with Crippen molar-refractivity contribution in [2.75, 3.05) is 44.2 Å². The SMILES string of the molecule is CCOc1ccccc1N1CCN(C(=O)[C@@H]2C=CCN2)CC1. The number of amides is 1. The maximum absolute atomic E-state index is 12.4. The molecule has 0 bridgehead atoms. The van der Waals surface area contributed by atoms with E-state index >= 15 is 0 Å². The zero-order valence-corrected chi connectivity index (χ0v) is 13.0. The minimum Gasteiger partial charge on any atom is -0.492 e. The fourth-order valence-corrected chi connectivity index (χ4v) is 3.00. The molecule has 1 N–H and O–H groups in total. The molecule has 1 saturated heterocycles. The molecular formula is C17H23N3O2. The highest BCUT2D eigenvalue weighted by Crippen LogP contribution is 2.28. The van der Waals surface area contributed by atoms with E-state index in [1.54, 1.807) is 0 Å². The summed E-state index contributed by atoms with van der Waals surface area (Å²) >= 11 is 0. The van der Waals surface area contributed by atoms with Crippen LogP contribution in [-0.4, -0.2) is 56.2 Å². The van der Waals surface area contributed by atoms with E-state index in [9.17, 15) is 4.79 Å². The van der Waals surface area contributed by atoms with Gasteiger partial charge in [0.1, 0.15) is 11.8 Å². The van der Waals surface area contributed by atoms with Crippen molar-refractivity contribution in [3.05, 3.63) is 36.4 Å². The number of benzene rings is 1. The number of carbonyl (C=O) groups is 1. The number of hydrogen-bond donors (Lipinski definition) is 1. The Morgan fingerprint density at radius 3 is 2.73 bits per heavy atom. The quantitative estimate of drug-likeness (QED) is 0.851. The van der Waals surface area contributed by atoms with Crippen molar-refractivity contribution in [3.8, 4) is 5.75 Å². The Kier molecular flexibility index (Phi) is 4.63. The highest BCUT2D eigenvalue weighted by Gasteiger charge is 2.27. The summed E-state index contributed by atoms with van der Waals surface area (Å²) in [5, 5.41) is 3.19. The first-order valence-corrected chi connectivity index (χ1v) is 7.95. The molecule has 2 aliphatic rings. The van der Waals surface area contributed by atoms with Gasteiger partial charge in [-0.15, -0.1) is 0 Å². The first kappa shape index (κ1) is 14.9. The molecule has 2 aliphatic heterocycles. The predicted molar refractivity (Wildman–Crippen MR) is 87.3 cm³/mol. The van der Waals surface area contributed by atoms with Gasteiger partial charge < -0.3 is 14.5 Å². The number of carbonyl (C=O) groups excluding carboxylic acids is 1. The third-order valence-electron chi connectivity index (χ3n) is 4.15. The largest absolute Gasteiger partial charge is 0.492 e. The normalized spacial score (nSPS) is 21.2. The van der Waals surface area contributed by atoms with Crippen LogP contribution in [0.3, 0.4) is 0 Å². The van der Waals surface area contributed by atoms with Crippen LogP contribution in [0.15, 0.2) is 36.4 Å². The molecule has 0 unspecified atom stereocenters. The monoisotopic (exact) mass is 301 g/mol. The number of hydrogen-bond acceptors (Lipinski definition) is 4. The Morgan fingerprint density at radius 2 is 2.05 bits per heavy atom. The molecular weight excluding hydrogens is 278 g/mol. The van der Waals surface area contributed by atoms with Crippen molar-refractivity contribution in [1.29, 1.82) is 0 Å². The third-order valence-corrected chi connectivity index (χ3v) is 4.15. The second-order valence-corrected chi connectivity index (χ2v) is 5.53. The van der Waals surface area contributed by atoms with Crippen LogP contribution in [0.5, 0.6) is 5.75 Å². The number of nitrogens with one attached hydrogen (secondary N) is 1. The summed E-state index contributed by atoms with van der Waals surface area (Å²) in [5.74, 6) is 1.11. The van der Waals surface area contributed by atoms with Crippen molar-refractivity contribution in [3.63, 3.8) is 0 Å². The highest BCUT2D eigenvalue weighted by molar-refractivity contribution is 5.84. The molecule has 1 aromatic rings. The van der Waals surface area contributed by atoms with Gasteiger partial charge in [-0.1, -0.05) is 24.3 Å². The topological polar surface area (TPSA) is 44.8 Å². The van der Waals surface area contributed by atoms with Crippen molar-refractivity contribution < 1.29 is 9.53 Å². The number of nitrogens with zero attached hydrogens (tertiary/aromatic N) is 2. The summed E-state index contributed by atoms with van der Waals surface area (Å²) < 4.78 is 5.70. The van der Waals surface area contributed by atoms with E-state index in [-0.39, 0.29) is 11.9 Å². The molecule has 1 amide bonds. The van der Waals surface area contributed by atoms with E-state index in [1.165, 1.54) is 0 Å². The molecule has 0 aliphatic carbocycles. The van der Waals surface area contributed by atoms with E-state index < -0.39 is 0 Å². The summed E-state index contributed by atoms with van der Waals surface area (Å²) in [7, 11) is 0. The van der Waals surface area contributed by atoms with Gasteiger partial charge in [-0.2, -0.15) is 0 Å². The fourth-order valence-electron chi connectivity index (χ4n) is 3.00. The van der Waals surface area contributed by atoms with Crippen LogP contribution in [0, 0.1) is 0 Å². The molecule has 1 atom stereocenters. The summed E-state index contributed by atoms with van der Waals surface area (Å²) in [6.07, 6.45) is 3.97. The molecule has 2 heterocycles. The fraction of sp³-hybridized carbons (Fsp3) is 0.471. The van der Waals surface area contributed by atoms with Gasteiger partial charge in [0.25, 0.3) is 0 Å². The number of anilines is 1. The summed E-state index contributed by atoms with van der Waals surface area (Å²) in [6.45, 7) is 6.64. The molecule has 118 valence electrons. The van der Waals surface area contributed by atoms with Crippen molar-refractivity contribution in [2.24, 2.45) is 0 Å². The Morgan fingerprint density at radius 1 is 1.27 bits per heavy atom. The lowest BCUT2D eigenvalue weighted by atomic mass is 10.2. The molecule has 5 nitrogen and oxygen atoms in total. The molecule has 1 fully saturated rings. The summed E-state index contributed by atoms with van der Waals surface area (Å²) in [5.41, 5.74) is 1.12. The zero-order valence-electron chi connectivity index (χ0n) is 13.0. The average Bonchev–Trinajstić information content (AvgIpc) is 3.10. The van der Waals surface area contributed by atoms with Crippen LogP contribution in [0.1, 0.15) is 6.92 Å². The van der Waals surface area contributed by atoms with Gasteiger partial charge in [0.05, 0.1) is 12.3 Å². The number of para-hydroxylation sites is 2.